The number of pyridine rings is 1. The number of ether oxygens (including phenoxy) is 3. The molecule has 39 heavy (non-hydrogen) atoms. The van der Waals surface area contributed by atoms with E-state index >= 15 is 0 Å². The molecule has 0 bridgehead atoms. The zero-order chi connectivity index (χ0) is 27.4. The monoisotopic (exact) mass is 527 g/mol. The van der Waals surface area contributed by atoms with Crippen LogP contribution in [0, 0.1) is 11.3 Å². The first-order chi connectivity index (χ1) is 19.0. The number of benzene rings is 2. The first kappa shape index (κ1) is 26.2. The van der Waals surface area contributed by atoms with Gasteiger partial charge in [-0.25, -0.2) is 0 Å². The normalized spacial score (nSPS) is 13.7. The predicted octanol–water partition coefficient (Wildman–Crippen LogP) is 4.66. The fourth-order valence-electron chi connectivity index (χ4n) is 4.66. The van der Waals surface area contributed by atoms with E-state index < -0.39 is 0 Å². The summed E-state index contributed by atoms with van der Waals surface area (Å²) in [5, 5.41) is 19.0. The number of hydrogen-bond acceptors (Lipinski definition) is 8. The number of aliphatic hydroxyl groups is 1. The number of furan rings is 1. The fourth-order valence-corrected chi connectivity index (χ4v) is 4.66. The van der Waals surface area contributed by atoms with Crippen molar-refractivity contribution in [1.82, 2.24) is 9.88 Å². The van der Waals surface area contributed by atoms with Crippen LogP contribution >= 0.6 is 0 Å². The number of amides is 1. The minimum atomic E-state index is -0.222. The van der Waals surface area contributed by atoms with Crippen molar-refractivity contribution in [3.8, 4) is 40.0 Å². The van der Waals surface area contributed by atoms with Crippen LogP contribution in [-0.2, 0) is 4.74 Å². The first-order valence-electron chi connectivity index (χ1n) is 12.7. The largest absolute Gasteiger partial charge is 0.496 e. The summed E-state index contributed by atoms with van der Waals surface area (Å²) < 4.78 is 23.4. The topological polar surface area (TPSA) is 118 Å². The molecule has 200 valence electrons. The average Bonchev–Trinajstić information content (AvgIpc) is 3.42. The molecule has 4 aromatic rings. The molecule has 2 aromatic carbocycles. The number of nitrogens with zero attached hydrogens (tertiary/aromatic N) is 3. The molecule has 3 heterocycles. The van der Waals surface area contributed by atoms with Gasteiger partial charge in [0.05, 0.1) is 38.1 Å². The highest BCUT2D eigenvalue weighted by atomic mass is 16.5. The van der Waals surface area contributed by atoms with Crippen molar-refractivity contribution in [2.45, 2.75) is 18.9 Å². The van der Waals surface area contributed by atoms with Gasteiger partial charge in [0.25, 0.3) is 5.91 Å². The van der Waals surface area contributed by atoms with E-state index in [1.165, 1.54) is 12.0 Å². The minimum Gasteiger partial charge on any atom is -0.496 e. The molecule has 1 N–H and O–H groups in total. The van der Waals surface area contributed by atoms with E-state index in [1.54, 1.807) is 37.5 Å². The lowest BCUT2D eigenvalue weighted by atomic mass is 10.0. The Balaban J connectivity index is 1.48. The van der Waals surface area contributed by atoms with Crippen LogP contribution in [0.4, 0.5) is 0 Å². The summed E-state index contributed by atoms with van der Waals surface area (Å²) >= 11 is 0. The summed E-state index contributed by atoms with van der Waals surface area (Å²) in [4.78, 5) is 18.6. The highest BCUT2D eigenvalue weighted by Gasteiger charge is 2.20. The maximum atomic E-state index is 12.7. The Labute approximate surface area is 226 Å². The van der Waals surface area contributed by atoms with Crippen molar-refractivity contribution in [2.24, 2.45) is 0 Å². The number of methoxy groups -OCH3 is 1. The van der Waals surface area contributed by atoms with Crippen molar-refractivity contribution in [3.63, 3.8) is 0 Å². The molecule has 0 atom stereocenters. The van der Waals surface area contributed by atoms with Crippen LogP contribution in [0.1, 0.15) is 28.8 Å². The van der Waals surface area contributed by atoms with Crippen LogP contribution in [0.15, 0.2) is 59.1 Å². The highest BCUT2D eigenvalue weighted by molar-refractivity contribution is 5.96. The zero-order valence-electron chi connectivity index (χ0n) is 21.8. The lowest BCUT2D eigenvalue weighted by Crippen LogP contribution is -2.29. The zero-order valence-corrected chi connectivity index (χ0v) is 21.8. The van der Waals surface area contributed by atoms with Crippen LogP contribution in [0.25, 0.3) is 33.6 Å². The van der Waals surface area contributed by atoms with Gasteiger partial charge in [-0.05, 0) is 42.0 Å². The molecule has 0 radical (unpaired) electrons. The molecule has 5 rings (SSSR count). The molecule has 1 aliphatic heterocycles. The molecule has 0 aliphatic carbocycles. The quantitative estimate of drug-likeness (QED) is 0.351. The SMILES string of the molecule is COc1cc(C(=O)N(C)CCO)ccc1-c1cc2nccc(-c3ccc(OC4CCOCC4)c(C#N)c3)c2o1. The Kier molecular flexibility index (Phi) is 7.77. The number of aliphatic hydroxyl groups excluding tert-OH is 1. The van der Waals surface area contributed by atoms with Gasteiger partial charge in [0.15, 0.2) is 5.58 Å². The van der Waals surface area contributed by atoms with Gasteiger partial charge in [-0.1, -0.05) is 6.07 Å². The molecule has 1 amide bonds. The molecule has 9 nitrogen and oxygen atoms in total. The van der Waals surface area contributed by atoms with Crippen molar-refractivity contribution in [1.29, 1.82) is 5.26 Å². The Morgan fingerprint density at radius 1 is 1.13 bits per heavy atom. The summed E-state index contributed by atoms with van der Waals surface area (Å²) in [6, 6.07) is 16.6. The predicted molar refractivity (Wildman–Crippen MR) is 145 cm³/mol. The summed E-state index contributed by atoms with van der Waals surface area (Å²) in [6.07, 6.45) is 3.32. The van der Waals surface area contributed by atoms with E-state index in [9.17, 15) is 10.1 Å². The summed E-state index contributed by atoms with van der Waals surface area (Å²) in [7, 11) is 3.16. The van der Waals surface area contributed by atoms with Crippen molar-refractivity contribution in [2.75, 3.05) is 40.5 Å². The first-order valence-corrected chi connectivity index (χ1v) is 12.7. The fraction of sp³-hybridized carbons (Fsp3) is 0.300. The molecule has 1 aliphatic rings. The smallest absolute Gasteiger partial charge is 0.253 e. The molecular weight excluding hydrogens is 498 g/mol. The number of fused-ring (bicyclic) bond motifs is 1. The lowest BCUT2D eigenvalue weighted by Gasteiger charge is -2.23. The van der Waals surface area contributed by atoms with Gasteiger partial charge in [0.1, 0.15) is 34.9 Å². The number of rotatable bonds is 8. The van der Waals surface area contributed by atoms with Gasteiger partial charge < -0.3 is 28.6 Å². The van der Waals surface area contributed by atoms with E-state index in [0.717, 1.165) is 24.0 Å². The van der Waals surface area contributed by atoms with Crippen LogP contribution in [0.2, 0.25) is 0 Å². The Morgan fingerprint density at radius 3 is 2.69 bits per heavy atom. The van der Waals surface area contributed by atoms with E-state index in [2.05, 4.69) is 11.1 Å². The van der Waals surface area contributed by atoms with Gasteiger partial charge in [-0.3, -0.25) is 9.78 Å². The third-order valence-electron chi connectivity index (χ3n) is 6.78. The number of carbonyl (C=O) groups excluding carboxylic acids is 1. The molecule has 0 saturated carbocycles. The molecule has 1 saturated heterocycles. The van der Waals surface area contributed by atoms with Gasteiger partial charge >= 0.3 is 0 Å². The van der Waals surface area contributed by atoms with Crippen LogP contribution in [0.3, 0.4) is 0 Å². The lowest BCUT2D eigenvalue weighted by molar-refractivity contribution is 0.0254. The standard InChI is InChI=1S/C30H29N3O6/c1-33(11-12-34)30(35)20-3-5-24(27(16-20)36-2)28-17-25-29(39-28)23(7-10-32-25)19-4-6-26(21(15-19)18-31)38-22-8-13-37-14-9-22/h3-7,10,15-17,22,34H,8-9,11-14H2,1-2H3. The number of nitriles is 1. The highest BCUT2D eigenvalue weighted by Crippen LogP contribution is 2.38. The second kappa shape index (κ2) is 11.6. The number of likely N-dealkylation sites (N-methyl/N-ethyl adjacent to an activating group) is 1. The molecule has 2 aromatic heterocycles. The van der Waals surface area contributed by atoms with Crippen molar-refractivity contribution < 1.29 is 28.5 Å². The number of carbonyl (C=O) groups is 1. The summed E-state index contributed by atoms with van der Waals surface area (Å²) in [5.74, 6) is 1.34. The van der Waals surface area contributed by atoms with E-state index in [1.807, 2.05) is 24.3 Å². The molecule has 0 unspecified atom stereocenters. The molecule has 1 fully saturated rings. The number of hydrogen-bond donors (Lipinski definition) is 1. The molecular formula is C30H29N3O6. The molecule has 0 spiro atoms. The Hall–Kier alpha value is -4.39. The second-order valence-corrected chi connectivity index (χ2v) is 9.30. The second-order valence-electron chi connectivity index (χ2n) is 9.30. The number of aromatic nitrogens is 1. The van der Waals surface area contributed by atoms with E-state index in [4.69, 9.17) is 23.7 Å². The van der Waals surface area contributed by atoms with Crippen molar-refractivity contribution >= 4 is 17.0 Å². The maximum absolute atomic E-state index is 12.7. The Bertz CT molecular complexity index is 1530. The third-order valence-corrected chi connectivity index (χ3v) is 6.78. The summed E-state index contributed by atoms with van der Waals surface area (Å²) in [6.45, 7) is 1.43. The maximum Gasteiger partial charge on any atom is 0.253 e. The van der Waals surface area contributed by atoms with Gasteiger partial charge in [-0.15, -0.1) is 0 Å². The van der Waals surface area contributed by atoms with E-state index in [0.29, 0.717) is 58.3 Å². The van der Waals surface area contributed by atoms with Crippen LogP contribution in [0.5, 0.6) is 11.5 Å². The minimum absolute atomic E-state index is 0.0312. The molecule has 9 heteroatoms. The van der Waals surface area contributed by atoms with Crippen LogP contribution < -0.4 is 9.47 Å². The Morgan fingerprint density at radius 2 is 1.95 bits per heavy atom. The van der Waals surface area contributed by atoms with Gasteiger partial charge in [0, 0.05) is 49.8 Å². The third kappa shape index (κ3) is 5.43. The average molecular weight is 528 g/mol. The summed E-state index contributed by atoms with van der Waals surface area (Å²) in [5.41, 5.74) is 4.36. The van der Waals surface area contributed by atoms with Crippen LogP contribution in [-0.4, -0.2) is 67.5 Å². The van der Waals surface area contributed by atoms with Gasteiger partial charge in [0.2, 0.25) is 0 Å². The van der Waals surface area contributed by atoms with E-state index in [-0.39, 0.29) is 25.2 Å². The van der Waals surface area contributed by atoms with Gasteiger partial charge in [-0.2, -0.15) is 5.26 Å². The van der Waals surface area contributed by atoms with Crippen molar-refractivity contribution in [3.05, 3.63) is 65.9 Å².